The third-order valence-electron chi connectivity index (χ3n) is 3.69. The van der Waals surface area contributed by atoms with Gasteiger partial charge in [-0.05, 0) is 31.5 Å². The molecule has 1 heterocycles. The Morgan fingerprint density at radius 1 is 1.14 bits per heavy atom. The van der Waals surface area contributed by atoms with Crippen molar-refractivity contribution in [1.82, 2.24) is 10.3 Å². The lowest BCUT2D eigenvalue weighted by Gasteiger charge is -2.15. The van der Waals surface area contributed by atoms with Crippen LogP contribution in [0.4, 0.5) is 5.69 Å². The maximum Gasteiger partial charge on any atom is 0.218 e. The van der Waals surface area contributed by atoms with Crippen LogP contribution in [0, 0.1) is 0 Å². The van der Waals surface area contributed by atoms with Crippen molar-refractivity contribution in [2.45, 2.75) is 26.8 Å². The predicted molar refractivity (Wildman–Crippen MR) is 123 cm³/mol. The van der Waals surface area contributed by atoms with E-state index in [1.807, 2.05) is 37.3 Å². The predicted octanol–water partition coefficient (Wildman–Crippen LogP) is 4.08. The number of pyridine rings is 1. The van der Waals surface area contributed by atoms with Crippen LogP contribution in [0.1, 0.15) is 25.8 Å². The van der Waals surface area contributed by atoms with Gasteiger partial charge in [-0.25, -0.2) is 4.98 Å². The summed E-state index contributed by atoms with van der Waals surface area (Å²) in [4.78, 5) is 8.57. The standard InChI is InChI=1S/C20H28N4O3.HI/c1-5-12-27-19-15(8-7-11-22-19)14-23-20(21-3)24-16-9-10-17(26-6-2)18(13-16)25-4;/h7-11,13H,5-6,12,14H2,1-4H3,(H2,21,23,24);1H. The van der Waals surface area contributed by atoms with Crippen molar-refractivity contribution in [2.75, 3.05) is 32.7 Å². The molecule has 0 unspecified atom stereocenters. The van der Waals surface area contributed by atoms with Crippen molar-refractivity contribution in [1.29, 1.82) is 0 Å². The molecule has 0 bridgehead atoms. The first-order chi connectivity index (χ1) is 13.2. The van der Waals surface area contributed by atoms with Crippen molar-refractivity contribution >= 4 is 35.6 Å². The summed E-state index contributed by atoms with van der Waals surface area (Å²) >= 11 is 0. The molecule has 0 saturated heterocycles. The largest absolute Gasteiger partial charge is 0.493 e. The molecule has 154 valence electrons. The minimum Gasteiger partial charge on any atom is -0.493 e. The van der Waals surface area contributed by atoms with Crippen LogP contribution in [0.25, 0.3) is 0 Å². The first-order valence-electron chi connectivity index (χ1n) is 9.07. The lowest BCUT2D eigenvalue weighted by molar-refractivity contribution is 0.301. The highest BCUT2D eigenvalue weighted by atomic mass is 127. The molecule has 28 heavy (non-hydrogen) atoms. The Balaban J connectivity index is 0.00000392. The second kappa shape index (κ2) is 13.0. The summed E-state index contributed by atoms with van der Waals surface area (Å²) in [5, 5.41) is 6.52. The lowest BCUT2D eigenvalue weighted by Crippen LogP contribution is -2.30. The summed E-state index contributed by atoms with van der Waals surface area (Å²) in [6, 6.07) is 9.54. The molecular weight excluding hydrogens is 471 g/mol. The number of aliphatic imine (C=N–C) groups is 1. The van der Waals surface area contributed by atoms with Crippen molar-refractivity contribution in [3.8, 4) is 17.4 Å². The average molecular weight is 500 g/mol. The van der Waals surface area contributed by atoms with E-state index in [0.717, 1.165) is 17.7 Å². The van der Waals surface area contributed by atoms with Gasteiger partial charge < -0.3 is 24.8 Å². The topological polar surface area (TPSA) is 77.0 Å². The number of guanidine groups is 1. The Morgan fingerprint density at radius 3 is 2.64 bits per heavy atom. The number of nitrogens with one attached hydrogen (secondary N) is 2. The van der Waals surface area contributed by atoms with Gasteiger partial charge >= 0.3 is 0 Å². The van der Waals surface area contributed by atoms with Crippen LogP contribution in [0.5, 0.6) is 17.4 Å². The van der Waals surface area contributed by atoms with Gasteiger partial charge in [-0.3, -0.25) is 4.99 Å². The number of nitrogens with zero attached hydrogens (tertiary/aromatic N) is 2. The van der Waals surface area contributed by atoms with E-state index in [1.54, 1.807) is 20.4 Å². The van der Waals surface area contributed by atoms with Gasteiger partial charge in [-0.1, -0.05) is 13.0 Å². The normalized spacial score (nSPS) is 10.6. The molecule has 0 atom stereocenters. The van der Waals surface area contributed by atoms with E-state index in [-0.39, 0.29) is 24.0 Å². The summed E-state index contributed by atoms with van der Waals surface area (Å²) in [6.45, 7) is 5.77. The average Bonchev–Trinajstić information content (AvgIpc) is 2.71. The van der Waals surface area contributed by atoms with Crippen molar-refractivity contribution < 1.29 is 14.2 Å². The molecule has 2 N–H and O–H groups in total. The van der Waals surface area contributed by atoms with Crippen LogP contribution in [0.3, 0.4) is 0 Å². The zero-order valence-electron chi connectivity index (χ0n) is 16.8. The molecule has 0 saturated carbocycles. The van der Waals surface area contributed by atoms with Crippen molar-refractivity contribution in [2.24, 2.45) is 4.99 Å². The zero-order valence-corrected chi connectivity index (χ0v) is 19.2. The van der Waals surface area contributed by atoms with E-state index >= 15 is 0 Å². The molecule has 0 aliphatic carbocycles. The van der Waals surface area contributed by atoms with Crippen molar-refractivity contribution in [3.63, 3.8) is 0 Å². The summed E-state index contributed by atoms with van der Waals surface area (Å²) in [6.07, 6.45) is 2.67. The van der Waals surface area contributed by atoms with Crippen molar-refractivity contribution in [3.05, 3.63) is 42.1 Å². The van der Waals surface area contributed by atoms with E-state index < -0.39 is 0 Å². The molecule has 2 aromatic rings. The SMILES string of the molecule is CCCOc1ncccc1CNC(=NC)Nc1ccc(OCC)c(OC)c1.I. The summed E-state index contributed by atoms with van der Waals surface area (Å²) in [5.41, 5.74) is 1.82. The lowest BCUT2D eigenvalue weighted by atomic mass is 10.2. The van der Waals surface area contributed by atoms with Crippen LogP contribution in [0.2, 0.25) is 0 Å². The minimum absolute atomic E-state index is 0. The zero-order chi connectivity index (χ0) is 19.5. The number of halogens is 1. The molecule has 0 fully saturated rings. The first-order valence-corrected chi connectivity index (χ1v) is 9.07. The number of aromatic nitrogens is 1. The molecule has 1 aromatic heterocycles. The van der Waals surface area contributed by atoms with Gasteiger partial charge in [0.2, 0.25) is 5.88 Å². The number of hydrogen-bond donors (Lipinski definition) is 2. The number of ether oxygens (including phenoxy) is 3. The minimum atomic E-state index is 0. The maximum atomic E-state index is 5.70. The molecule has 2 rings (SSSR count). The van der Waals surface area contributed by atoms with Crippen LogP contribution in [-0.2, 0) is 6.54 Å². The second-order valence-corrected chi connectivity index (χ2v) is 5.67. The molecule has 0 aliphatic rings. The highest BCUT2D eigenvalue weighted by molar-refractivity contribution is 14.0. The number of hydrogen-bond acceptors (Lipinski definition) is 5. The van der Waals surface area contributed by atoms with Crippen LogP contribution < -0.4 is 24.8 Å². The van der Waals surface area contributed by atoms with Gasteiger partial charge in [0.05, 0.1) is 20.3 Å². The maximum absolute atomic E-state index is 5.70. The number of anilines is 1. The summed E-state index contributed by atoms with van der Waals surface area (Å²) in [7, 11) is 3.34. The third kappa shape index (κ3) is 7.06. The molecule has 7 nitrogen and oxygen atoms in total. The van der Waals surface area contributed by atoms with Crippen LogP contribution >= 0.6 is 24.0 Å². The summed E-state index contributed by atoms with van der Waals surface area (Å²) < 4.78 is 16.6. The Labute approximate surface area is 183 Å². The van der Waals surface area contributed by atoms with E-state index in [0.29, 0.717) is 43.1 Å². The van der Waals surface area contributed by atoms with Gasteiger partial charge in [0.1, 0.15) is 0 Å². The van der Waals surface area contributed by atoms with Gasteiger partial charge in [-0.15, -0.1) is 24.0 Å². The number of benzene rings is 1. The third-order valence-corrected chi connectivity index (χ3v) is 3.69. The van der Waals surface area contributed by atoms with Gasteiger partial charge in [-0.2, -0.15) is 0 Å². The Kier molecular flexibility index (Phi) is 11.1. The fourth-order valence-corrected chi connectivity index (χ4v) is 2.40. The van der Waals surface area contributed by atoms with E-state index in [2.05, 4.69) is 27.5 Å². The smallest absolute Gasteiger partial charge is 0.218 e. The highest BCUT2D eigenvalue weighted by Crippen LogP contribution is 2.30. The Morgan fingerprint density at radius 2 is 1.96 bits per heavy atom. The van der Waals surface area contributed by atoms with Gasteiger partial charge in [0.15, 0.2) is 17.5 Å². The fourth-order valence-electron chi connectivity index (χ4n) is 2.40. The number of methoxy groups -OCH3 is 1. The van der Waals surface area contributed by atoms with Gasteiger partial charge in [0, 0.05) is 37.1 Å². The molecule has 1 aromatic carbocycles. The Hall–Kier alpha value is -2.23. The highest BCUT2D eigenvalue weighted by Gasteiger charge is 2.09. The monoisotopic (exact) mass is 500 g/mol. The molecule has 0 radical (unpaired) electrons. The van der Waals surface area contributed by atoms with Gasteiger partial charge in [0.25, 0.3) is 0 Å². The molecule has 0 spiro atoms. The first kappa shape index (κ1) is 23.8. The molecule has 8 heteroatoms. The number of rotatable bonds is 9. The Bertz CT molecular complexity index is 756. The molecular formula is C20H29IN4O3. The molecule has 0 aliphatic heterocycles. The van der Waals surface area contributed by atoms with E-state index in [1.165, 1.54) is 0 Å². The quantitative estimate of drug-likeness (QED) is 0.307. The second-order valence-electron chi connectivity index (χ2n) is 5.67. The van der Waals surface area contributed by atoms with E-state index in [9.17, 15) is 0 Å². The van der Waals surface area contributed by atoms with E-state index in [4.69, 9.17) is 14.2 Å². The van der Waals surface area contributed by atoms with Crippen LogP contribution in [0.15, 0.2) is 41.5 Å². The fraction of sp³-hybridized carbons (Fsp3) is 0.400. The van der Waals surface area contributed by atoms with Crippen LogP contribution in [-0.4, -0.2) is 38.3 Å². The molecule has 0 amide bonds. The summed E-state index contributed by atoms with van der Waals surface area (Å²) in [5.74, 6) is 2.65.